The minimum Gasteiger partial charge on any atom is -0.491 e. The molecule has 1 unspecified atom stereocenters. The molecule has 0 saturated carbocycles. The molecule has 8 heteroatoms. The smallest absolute Gasteiger partial charge is 0.278 e. The van der Waals surface area contributed by atoms with Crippen molar-refractivity contribution in [1.29, 1.82) is 0 Å². The Balaban J connectivity index is 1.27. The molecule has 1 saturated heterocycles. The number of carbonyl (C=O) groups excluding carboxylic acids is 1. The van der Waals surface area contributed by atoms with Crippen LogP contribution in [-0.2, 0) is 14.9 Å². The van der Waals surface area contributed by atoms with Gasteiger partial charge in [0.2, 0.25) is 0 Å². The van der Waals surface area contributed by atoms with Crippen molar-refractivity contribution in [3.05, 3.63) is 71.8 Å². The average molecular weight is 472 g/mol. The highest BCUT2D eigenvalue weighted by Crippen LogP contribution is 2.54. The van der Waals surface area contributed by atoms with Gasteiger partial charge < -0.3 is 28.7 Å². The van der Waals surface area contributed by atoms with Crippen molar-refractivity contribution < 1.29 is 28.6 Å². The number of hydrogen-bond acceptors (Lipinski definition) is 7. The molecule has 4 aliphatic rings. The summed E-state index contributed by atoms with van der Waals surface area (Å²) in [5, 5.41) is 1.41. The first kappa shape index (κ1) is 20.5. The maximum absolute atomic E-state index is 14.1. The van der Waals surface area contributed by atoms with Gasteiger partial charge in [-0.15, -0.1) is 5.06 Å². The second-order valence-electron chi connectivity index (χ2n) is 8.99. The molecule has 0 N–H and O–H groups in total. The number of hydroxylamine groups is 1. The lowest BCUT2D eigenvalue weighted by atomic mass is 9.77. The zero-order chi connectivity index (χ0) is 23.4. The molecule has 7 rings (SSSR count). The van der Waals surface area contributed by atoms with Crippen molar-refractivity contribution in [2.45, 2.75) is 5.41 Å². The zero-order valence-corrected chi connectivity index (χ0v) is 19.1. The second-order valence-corrected chi connectivity index (χ2v) is 8.99. The summed E-state index contributed by atoms with van der Waals surface area (Å²) < 4.78 is 23.1. The van der Waals surface area contributed by atoms with Crippen molar-refractivity contribution >= 4 is 17.3 Å². The third-order valence-electron chi connectivity index (χ3n) is 7.07. The third kappa shape index (κ3) is 3.06. The number of carbonyl (C=O) groups is 1. The van der Waals surface area contributed by atoms with Gasteiger partial charge in [0, 0.05) is 42.0 Å². The second kappa shape index (κ2) is 7.81. The molecule has 1 amide bonds. The van der Waals surface area contributed by atoms with Gasteiger partial charge in [0.25, 0.3) is 5.91 Å². The number of amides is 1. The van der Waals surface area contributed by atoms with Gasteiger partial charge in [-0.3, -0.25) is 4.79 Å². The minimum absolute atomic E-state index is 0.189. The number of para-hydroxylation sites is 1. The Morgan fingerprint density at radius 2 is 1.57 bits per heavy atom. The maximum Gasteiger partial charge on any atom is 0.278 e. The zero-order valence-electron chi connectivity index (χ0n) is 19.1. The van der Waals surface area contributed by atoms with Crippen molar-refractivity contribution in [2.75, 3.05) is 56.1 Å². The van der Waals surface area contributed by atoms with Gasteiger partial charge in [-0.2, -0.15) is 0 Å². The third-order valence-corrected chi connectivity index (χ3v) is 7.07. The SMILES string of the molecule is O=C1N(Oc2cccc(N3CCOCC3)c2)c2ccccc2C12COc1cc3c(cc12)OCCO3. The Kier molecular flexibility index (Phi) is 4.57. The maximum atomic E-state index is 14.1. The molecule has 35 heavy (non-hydrogen) atoms. The summed E-state index contributed by atoms with van der Waals surface area (Å²) in [6, 6.07) is 19.3. The molecule has 4 heterocycles. The van der Waals surface area contributed by atoms with Crippen LogP contribution in [0.4, 0.5) is 11.4 Å². The molecule has 1 spiro atoms. The number of ether oxygens (including phenoxy) is 4. The van der Waals surface area contributed by atoms with E-state index in [9.17, 15) is 4.79 Å². The Morgan fingerprint density at radius 1 is 0.771 bits per heavy atom. The molecule has 0 aromatic heterocycles. The molecular weight excluding hydrogens is 448 g/mol. The normalized spacial score (nSPS) is 22.1. The molecule has 0 bridgehead atoms. The van der Waals surface area contributed by atoms with Crippen LogP contribution in [0.3, 0.4) is 0 Å². The number of fused-ring (bicyclic) bond motifs is 5. The Bertz CT molecular complexity index is 1320. The van der Waals surface area contributed by atoms with E-state index < -0.39 is 5.41 Å². The summed E-state index contributed by atoms with van der Waals surface area (Å²) in [5.74, 6) is 2.30. The van der Waals surface area contributed by atoms with E-state index in [1.807, 2.05) is 60.7 Å². The number of morpholine rings is 1. The highest BCUT2D eigenvalue weighted by Gasteiger charge is 2.58. The van der Waals surface area contributed by atoms with E-state index in [2.05, 4.69) is 4.90 Å². The van der Waals surface area contributed by atoms with Crippen LogP contribution in [0, 0.1) is 0 Å². The van der Waals surface area contributed by atoms with Gasteiger partial charge in [0.1, 0.15) is 31.0 Å². The van der Waals surface area contributed by atoms with Gasteiger partial charge in [-0.1, -0.05) is 24.3 Å². The molecule has 178 valence electrons. The highest BCUT2D eigenvalue weighted by atomic mass is 16.7. The fraction of sp³-hybridized carbons (Fsp3) is 0.296. The predicted octanol–water partition coefficient (Wildman–Crippen LogP) is 3.31. The highest BCUT2D eigenvalue weighted by molar-refractivity contribution is 6.10. The Morgan fingerprint density at radius 3 is 2.43 bits per heavy atom. The monoisotopic (exact) mass is 472 g/mol. The predicted molar refractivity (Wildman–Crippen MR) is 128 cm³/mol. The summed E-state index contributed by atoms with van der Waals surface area (Å²) in [6.45, 7) is 4.19. The van der Waals surface area contributed by atoms with E-state index in [0.717, 1.165) is 29.9 Å². The van der Waals surface area contributed by atoms with Crippen molar-refractivity contribution in [3.63, 3.8) is 0 Å². The van der Waals surface area contributed by atoms with Crippen LogP contribution in [0.5, 0.6) is 23.0 Å². The molecule has 0 radical (unpaired) electrons. The Labute approximate surface area is 202 Å². The van der Waals surface area contributed by atoms with E-state index in [1.165, 1.54) is 5.06 Å². The lowest BCUT2D eigenvalue weighted by Gasteiger charge is -2.29. The standard InChI is InChI=1S/C27H24N2O6/c30-26-27(17-34-23-16-25-24(15-21(23)27)32-12-13-33-25)20-6-1-2-7-22(20)29(26)35-19-5-3-4-18(14-19)28-8-10-31-11-9-28/h1-7,14-16H,8-13,17H2. The van der Waals surface area contributed by atoms with Gasteiger partial charge >= 0.3 is 0 Å². The number of anilines is 2. The van der Waals surface area contributed by atoms with Gasteiger partial charge in [-0.05, 0) is 24.3 Å². The average Bonchev–Trinajstić information content (AvgIpc) is 3.40. The fourth-order valence-corrected chi connectivity index (χ4v) is 5.35. The summed E-state index contributed by atoms with van der Waals surface area (Å²) in [5.41, 5.74) is 2.36. The van der Waals surface area contributed by atoms with E-state index in [4.69, 9.17) is 23.8 Å². The van der Waals surface area contributed by atoms with Crippen LogP contribution < -0.4 is 29.0 Å². The first-order valence-electron chi connectivity index (χ1n) is 11.9. The van der Waals surface area contributed by atoms with E-state index in [1.54, 1.807) is 0 Å². The summed E-state index contributed by atoms with van der Waals surface area (Å²) in [6.07, 6.45) is 0. The number of benzene rings is 3. The molecule has 4 aliphatic heterocycles. The van der Waals surface area contributed by atoms with Gasteiger partial charge in [0.15, 0.2) is 17.2 Å². The number of hydrogen-bond donors (Lipinski definition) is 0. The van der Waals surface area contributed by atoms with Crippen molar-refractivity contribution in [3.8, 4) is 23.0 Å². The first-order chi connectivity index (χ1) is 17.2. The quantitative estimate of drug-likeness (QED) is 0.579. The van der Waals surface area contributed by atoms with Crippen LogP contribution in [0.15, 0.2) is 60.7 Å². The molecule has 8 nitrogen and oxygen atoms in total. The molecule has 1 atom stereocenters. The van der Waals surface area contributed by atoms with Gasteiger partial charge in [-0.25, -0.2) is 0 Å². The summed E-state index contributed by atoms with van der Waals surface area (Å²) in [7, 11) is 0. The van der Waals surface area contributed by atoms with Crippen LogP contribution >= 0.6 is 0 Å². The topological polar surface area (TPSA) is 69.7 Å². The molecule has 3 aromatic rings. The fourth-order valence-electron chi connectivity index (χ4n) is 5.35. The van der Waals surface area contributed by atoms with Crippen LogP contribution in [-0.4, -0.2) is 52.0 Å². The van der Waals surface area contributed by atoms with Crippen LogP contribution in [0.25, 0.3) is 0 Å². The Hall–Kier alpha value is -3.91. The molecule has 0 aliphatic carbocycles. The van der Waals surface area contributed by atoms with Crippen molar-refractivity contribution in [2.24, 2.45) is 0 Å². The van der Waals surface area contributed by atoms with E-state index in [0.29, 0.717) is 55.1 Å². The molecule has 1 fully saturated rings. The number of rotatable bonds is 3. The van der Waals surface area contributed by atoms with Crippen molar-refractivity contribution in [1.82, 2.24) is 0 Å². The number of nitrogens with zero attached hydrogens (tertiary/aromatic N) is 2. The lowest BCUT2D eigenvalue weighted by Crippen LogP contribution is -2.44. The first-order valence-corrected chi connectivity index (χ1v) is 11.9. The molecule has 3 aromatic carbocycles. The summed E-state index contributed by atoms with van der Waals surface area (Å²) >= 11 is 0. The van der Waals surface area contributed by atoms with E-state index in [-0.39, 0.29) is 12.5 Å². The van der Waals surface area contributed by atoms with E-state index >= 15 is 0 Å². The largest absolute Gasteiger partial charge is 0.491 e. The van der Waals surface area contributed by atoms with Crippen LogP contribution in [0.1, 0.15) is 11.1 Å². The summed E-state index contributed by atoms with van der Waals surface area (Å²) in [4.78, 5) is 22.7. The van der Waals surface area contributed by atoms with Gasteiger partial charge in [0.05, 0.1) is 18.9 Å². The molecular formula is C27H24N2O6. The lowest BCUT2D eigenvalue weighted by molar-refractivity contribution is -0.126. The van der Waals surface area contributed by atoms with Crippen LogP contribution in [0.2, 0.25) is 0 Å². The minimum atomic E-state index is -1.01.